The number of nitrogens with zero attached hydrogens (tertiary/aromatic N) is 7. The summed E-state index contributed by atoms with van der Waals surface area (Å²) in [6, 6.07) is 0. The summed E-state index contributed by atoms with van der Waals surface area (Å²) in [6.45, 7) is 6.46. The van der Waals surface area contributed by atoms with Crippen molar-refractivity contribution >= 4 is 5.82 Å². The third kappa shape index (κ3) is 3.53. The molecule has 3 aromatic rings. The van der Waals surface area contributed by atoms with Crippen LogP contribution < -0.4 is 4.90 Å². The smallest absolute Gasteiger partial charge is 0.191 e. The highest BCUT2D eigenvalue weighted by atomic mass is 16.3. The van der Waals surface area contributed by atoms with Crippen molar-refractivity contribution in [3.8, 4) is 11.3 Å². The lowest BCUT2D eigenvalue weighted by molar-refractivity contribution is 0.246. The first-order valence-electron chi connectivity index (χ1n) is 8.37. The highest BCUT2D eigenvalue weighted by Crippen LogP contribution is 2.20. The maximum Gasteiger partial charge on any atom is 0.191 e. The molecule has 0 radical (unpaired) electrons. The second-order valence-electron chi connectivity index (χ2n) is 6.29. The summed E-state index contributed by atoms with van der Waals surface area (Å²) in [5.41, 5.74) is 2.83. The van der Waals surface area contributed by atoms with Crippen LogP contribution in [0, 0.1) is 6.92 Å². The van der Waals surface area contributed by atoms with Crippen molar-refractivity contribution in [3.05, 3.63) is 42.6 Å². The van der Waals surface area contributed by atoms with Crippen LogP contribution in [0.3, 0.4) is 0 Å². The Morgan fingerprint density at radius 1 is 1.08 bits per heavy atom. The average molecular weight is 339 g/mol. The number of rotatable bonds is 4. The van der Waals surface area contributed by atoms with Gasteiger partial charge in [-0.1, -0.05) is 0 Å². The predicted molar refractivity (Wildman–Crippen MR) is 93.0 cm³/mol. The fourth-order valence-electron chi connectivity index (χ4n) is 3.05. The minimum Gasteiger partial charge on any atom is -0.449 e. The largest absolute Gasteiger partial charge is 0.449 e. The number of oxazole rings is 1. The Morgan fingerprint density at radius 2 is 1.92 bits per heavy atom. The molecular formula is C17H21N7O. The SMILES string of the molecule is Cc1nc(CN2CCN(c3cncc(-c4cnn(C)c4)n3)CC2)co1. The van der Waals surface area contributed by atoms with E-state index in [9.17, 15) is 0 Å². The summed E-state index contributed by atoms with van der Waals surface area (Å²) in [4.78, 5) is 18.1. The van der Waals surface area contributed by atoms with Gasteiger partial charge in [0.05, 0.1) is 30.0 Å². The van der Waals surface area contributed by atoms with Crippen LogP contribution in [0.15, 0.2) is 35.5 Å². The van der Waals surface area contributed by atoms with Gasteiger partial charge in [0, 0.05) is 58.5 Å². The molecule has 0 N–H and O–H groups in total. The molecule has 0 atom stereocenters. The lowest BCUT2D eigenvalue weighted by Crippen LogP contribution is -2.46. The molecule has 1 aliphatic rings. The Hall–Kier alpha value is -2.74. The van der Waals surface area contributed by atoms with Crippen molar-refractivity contribution in [2.75, 3.05) is 31.1 Å². The molecule has 0 spiro atoms. The van der Waals surface area contributed by atoms with Crippen molar-refractivity contribution in [2.45, 2.75) is 13.5 Å². The topological polar surface area (TPSA) is 76.1 Å². The van der Waals surface area contributed by atoms with Crippen molar-refractivity contribution in [3.63, 3.8) is 0 Å². The van der Waals surface area contributed by atoms with E-state index in [1.807, 2.05) is 32.6 Å². The van der Waals surface area contributed by atoms with Gasteiger partial charge < -0.3 is 9.32 Å². The van der Waals surface area contributed by atoms with Gasteiger partial charge in [0.1, 0.15) is 12.1 Å². The van der Waals surface area contributed by atoms with E-state index in [4.69, 9.17) is 9.40 Å². The molecule has 3 aromatic heterocycles. The molecule has 8 nitrogen and oxygen atoms in total. The number of piperazine rings is 1. The van der Waals surface area contributed by atoms with Crippen LogP contribution in [0.25, 0.3) is 11.3 Å². The first-order chi connectivity index (χ1) is 12.2. The summed E-state index contributed by atoms with van der Waals surface area (Å²) < 4.78 is 7.05. The van der Waals surface area contributed by atoms with Crippen molar-refractivity contribution in [1.82, 2.24) is 29.6 Å². The van der Waals surface area contributed by atoms with Gasteiger partial charge in [0.25, 0.3) is 0 Å². The molecule has 8 heteroatoms. The molecule has 25 heavy (non-hydrogen) atoms. The Labute approximate surface area is 146 Å². The molecule has 0 saturated carbocycles. The van der Waals surface area contributed by atoms with Gasteiger partial charge in [-0.15, -0.1) is 0 Å². The molecule has 1 saturated heterocycles. The first kappa shape index (κ1) is 15.8. The summed E-state index contributed by atoms with van der Waals surface area (Å²) in [7, 11) is 1.90. The Morgan fingerprint density at radius 3 is 2.60 bits per heavy atom. The van der Waals surface area contributed by atoms with Crippen molar-refractivity contribution in [2.24, 2.45) is 7.05 Å². The maximum absolute atomic E-state index is 5.28. The number of anilines is 1. The summed E-state index contributed by atoms with van der Waals surface area (Å²) >= 11 is 0. The van der Waals surface area contributed by atoms with Crippen LogP contribution in [0.4, 0.5) is 5.82 Å². The average Bonchev–Trinajstić information content (AvgIpc) is 3.24. The molecule has 1 fully saturated rings. The monoisotopic (exact) mass is 339 g/mol. The molecular weight excluding hydrogens is 318 g/mol. The molecule has 0 aliphatic carbocycles. The number of aryl methyl sites for hydroxylation is 2. The quantitative estimate of drug-likeness (QED) is 0.713. The minimum atomic E-state index is 0.719. The van der Waals surface area contributed by atoms with Gasteiger partial charge in [-0.3, -0.25) is 14.6 Å². The van der Waals surface area contributed by atoms with E-state index in [0.717, 1.165) is 61.4 Å². The van der Waals surface area contributed by atoms with Gasteiger partial charge in [-0.05, 0) is 0 Å². The third-order valence-electron chi connectivity index (χ3n) is 4.37. The van der Waals surface area contributed by atoms with Gasteiger partial charge in [-0.25, -0.2) is 9.97 Å². The van der Waals surface area contributed by atoms with Crippen LogP contribution in [0.2, 0.25) is 0 Å². The van der Waals surface area contributed by atoms with Crippen LogP contribution >= 0.6 is 0 Å². The van der Waals surface area contributed by atoms with Crippen molar-refractivity contribution in [1.29, 1.82) is 0 Å². The lowest BCUT2D eigenvalue weighted by Gasteiger charge is -2.34. The van der Waals surface area contributed by atoms with E-state index in [2.05, 4.69) is 24.9 Å². The van der Waals surface area contributed by atoms with Crippen molar-refractivity contribution < 1.29 is 4.42 Å². The zero-order valence-corrected chi connectivity index (χ0v) is 14.5. The fraction of sp³-hybridized carbons (Fsp3) is 0.412. The van der Waals surface area contributed by atoms with Gasteiger partial charge >= 0.3 is 0 Å². The van der Waals surface area contributed by atoms with E-state index in [1.54, 1.807) is 17.1 Å². The number of aromatic nitrogens is 5. The molecule has 4 heterocycles. The number of hydrogen-bond donors (Lipinski definition) is 0. The van der Waals surface area contributed by atoms with Crippen LogP contribution in [0.5, 0.6) is 0 Å². The molecule has 0 bridgehead atoms. The predicted octanol–water partition coefficient (Wildman–Crippen LogP) is 1.50. The van der Waals surface area contributed by atoms with Gasteiger partial charge in [0.2, 0.25) is 0 Å². The Kier molecular flexibility index (Phi) is 4.19. The van der Waals surface area contributed by atoms with Crippen LogP contribution in [-0.2, 0) is 13.6 Å². The van der Waals surface area contributed by atoms with E-state index in [0.29, 0.717) is 0 Å². The van der Waals surface area contributed by atoms with E-state index >= 15 is 0 Å². The summed E-state index contributed by atoms with van der Waals surface area (Å²) in [6.07, 6.45) is 9.11. The molecule has 0 aromatic carbocycles. The standard InChI is InChI=1S/C17H21N7O/c1-13-20-15(12-25-13)11-23-3-5-24(6-4-23)17-9-18-8-16(21-17)14-7-19-22(2)10-14/h7-10,12H,3-6,11H2,1-2H3. The van der Waals surface area contributed by atoms with Gasteiger partial charge in [0.15, 0.2) is 5.89 Å². The highest BCUT2D eigenvalue weighted by Gasteiger charge is 2.19. The summed E-state index contributed by atoms with van der Waals surface area (Å²) in [5.74, 6) is 1.63. The Balaban J connectivity index is 1.40. The normalized spacial score (nSPS) is 15.7. The minimum absolute atomic E-state index is 0.719. The Bertz CT molecular complexity index is 848. The maximum atomic E-state index is 5.28. The second kappa shape index (κ2) is 6.64. The van der Waals surface area contributed by atoms with Crippen LogP contribution in [0.1, 0.15) is 11.6 Å². The van der Waals surface area contributed by atoms with E-state index in [1.165, 1.54) is 0 Å². The second-order valence-corrected chi connectivity index (χ2v) is 6.29. The summed E-state index contributed by atoms with van der Waals surface area (Å²) in [5, 5.41) is 4.20. The zero-order chi connectivity index (χ0) is 17.2. The molecule has 0 unspecified atom stereocenters. The third-order valence-corrected chi connectivity index (χ3v) is 4.37. The molecule has 4 rings (SSSR count). The molecule has 130 valence electrons. The highest BCUT2D eigenvalue weighted by molar-refractivity contribution is 5.58. The zero-order valence-electron chi connectivity index (χ0n) is 14.5. The lowest BCUT2D eigenvalue weighted by atomic mass is 10.2. The van der Waals surface area contributed by atoms with E-state index < -0.39 is 0 Å². The number of hydrogen-bond acceptors (Lipinski definition) is 7. The molecule has 0 amide bonds. The van der Waals surface area contributed by atoms with E-state index in [-0.39, 0.29) is 0 Å². The first-order valence-corrected chi connectivity index (χ1v) is 8.37. The molecule has 1 aliphatic heterocycles. The van der Waals surface area contributed by atoms with Gasteiger partial charge in [-0.2, -0.15) is 5.10 Å². The fourth-order valence-corrected chi connectivity index (χ4v) is 3.05. The van der Waals surface area contributed by atoms with Crippen LogP contribution in [-0.4, -0.2) is 55.8 Å².